The van der Waals surface area contributed by atoms with Crippen LogP contribution >= 0.6 is 0 Å². The Labute approximate surface area is 149 Å². The topological polar surface area (TPSA) is 63.2 Å². The van der Waals surface area contributed by atoms with Crippen molar-refractivity contribution in [2.45, 2.75) is 32.6 Å². The molecular weight excluding hydrogens is 314 g/mol. The largest absolute Gasteiger partial charge is 0.496 e. The van der Waals surface area contributed by atoms with Crippen molar-refractivity contribution in [2.24, 2.45) is 0 Å². The molecule has 1 aromatic carbocycles. The first-order valence-electron chi connectivity index (χ1n) is 8.84. The Kier molecular flexibility index (Phi) is 7.76. The summed E-state index contributed by atoms with van der Waals surface area (Å²) in [6.07, 6.45) is 5.82. The van der Waals surface area contributed by atoms with Gasteiger partial charge in [-0.15, -0.1) is 0 Å². The summed E-state index contributed by atoms with van der Waals surface area (Å²) < 4.78 is 5.35. The highest BCUT2D eigenvalue weighted by Crippen LogP contribution is 2.17. The van der Waals surface area contributed by atoms with Gasteiger partial charge in [0, 0.05) is 13.1 Å². The van der Waals surface area contributed by atoms with E-state index in [1.165, 1.54) is 0 Å². The summed E-state index contributed by atoms with van der Waals surface area (Å²) >= 11 is 0. The van der Waals surface area contributed by atoms with Crippen LogP contribution in [0, 0.1) is 0 Å². The Balaban J connectivity index is 1.79. The molecule has 0 aliphatic heterocycles. The number of nitrogens with zero attached hydrogens (tertiary/aromatic N) is 1. The number of carbonyl (C=O) groups excluding carboxylic acids is 1. The van der Waals surface area contributed by atoms with E-state index in [0.717, 1.165) is 49.2 Å². The van der Waals surface area contributed by atoms with Crippen LogP contribution in [0.5, 0.6) is 5.75 Å². The van der Waals surface area contributed by atoms with E-state index >= 15 is 0 Å². The van der Waals surface area contributed by atoms with Crippen LogP contribution in [-0.4, -0.2) is 31.1 Å². The highest BCUT2D eigenvalue weighted by molar-refractivity contribution is 5.92. The van der Waals surface area contributed by atoms with Crippen molar-refractivity contribution in [3.63, 3.8) is 0 Å². The molecule has 0 radical (unpaired) electrons. The number of pyridine rings is 1. The second-order valence-corrected chi connectivity index (χ2v) is 5.88. The molecule has 1 aromatic heterocycles. The van der Waals surface area contributed by atoms with Crippen molar-refractivity contribution in [3.05, 3.63) is 53.9 Å². The van der Waals surface area contributed by atoms with E-state index in [4.69, 9.17) is 4.74 Å². The number of nitrogens with one attached hydrogen (secondary N) is 2. The van der Waals surface area contributed by atoms with Crippen LogP contribution in [0.25, 0.3) is 0 Å². The summed E-state index contributed by atoms with van der Waals surface area (Å²) in [5, 5.41) is 6.22. The van der Waals surface area contributed by atoms with E-state index in [2.05, 4.69) is 28.6 Å². The van der Waals surface area contributed by atoms with Gasteiger partial charge in [-0.3, -0.25) is 4.79 Å². The fourth-order valence-electron chi connectivity index (χ4n) is 2.55. The molecule has 0 saturated carbocycles. The van der Waals surface area contributed by atoms with Gasteiger partial charge in [0.25, 0.3) is 5.91 Å². The summed E-state index contributed by atoms with van der Waals surface area (Å²) in [5.41, 5.74) is 2.51. The number of unbranched alkanes of at least 4 members (excludes halogenated alkanes) is 2. The van der Waals surface area contributed by atoms with Gasteiger partial charge in [0.15, 0.2) is 0 Å². The van der Waals surface area contributed by atoms with Crippen molar-refractivity contribution in [1.82, 2.24) is 10.3 Å². The van der Waals surface area contributed by atoms with Gasteiger partial charge in [-0.05, 0) is 36.6 Å². The molecule has 0 unspecified atom stereocenters. The van der Waals surface area contributed by atoms with E-state index in [-0.39, 0.29) is 5.91 Å². The number of anilines is 1. The number of methoxy groups -OCH3 is 1. The number of rotatable bonds is 10. The fraction of sp³-hybridized carbons (Fsp3) is 0.400. The molecule has 1 heterocycles. The number of ether oxygens (including phenoxy) is 1. The standard InChI is InChI=1S/C20H27N3O2/c1-3-4-7-13-22-20(24)18-11-10-17(15-23-18)21-14-12-16-8-5-6-9-19(16)25-2/h5-6,8-11,15,21H,3-4,7,12-14H2,1-2H3,(H,22,24). The number of hydrogen-bond donors (Lipinski definition) is 2. The predicted molar refractivity (Wildman–Crippen MR) is 101 cm³/mol. The van der Waals surface area contributed by atoms with Gasteiger partial charge >= 0.3 is 0 Å². The summed E-state index contributed by atoms with van der Waals surface area (Å²) in [6.45, 7) is 3.61. The van der Waals surface area contributed by atoms with Crippen LogP contribution in [0.1, 0.15) is 42.2 Å². The first-order chi connectivity index (χ1) is 12.2. The van der Waals surface area contributed by atoms with Gasteiger partial charge in [-0.2, -0.15) is 0 Å². The van der Waals surface area contributed by atoms with Crippen molar-refractivity contribution >= 4 is 11.6 Å². The van der Waals surface area contributed by atoms with Crippen molar-refractivity contribution in [2.75, 3.05) is 25.5 Å². The molecule has 5 nitrogen and oxygen atoms in total. The molecule has 0 saturated heterocycles. The van der Waals surface area contributed by atoms with E-state index < -0.39 is 0 Å². The predicted octanol–water partition coefficient (Wildman–Crippen LogP) is 3.66. The lowest BCUT2D eigenvalue weighted by atomic mass is 10.1. The second-order valence-electron chi connectivity index (χ2n) is 5.88. The number of para-hydroxylation sites is 1. The Morgan fingerprint density at radius 2 is 1.96 bits per heavy atom. The summed E-state index contributed by atoms with van der Waals surface area (Å²) in [6, 6.07) is 11.6. The number of aromatic nitrogens is 1. The van der Waals surface area contributed by atoms with E-state index in [1.807, 2.05) is 24.3 Å². The molecule has 2 rings (SSSR count). The molecule has 134 valence electrons. The summed E-state index contributed by atoms with van der Waals surface area (Å²) in [5.74, 6) is 0.786. The maximum atomic E-state index is 12.0. The Bertz CT molecular complexity index is 656. The second kappa shape index (κ2) is 10.3. The Hall–Kier alpha value is -2.56. The number of amides is 1. The fourth-order valence-corrected chi connectivity index (χ4v) is 2.55. The molecule has 5 heteroatoms. The number of carbonyl (C=O) groups is 1. The molecule has 0 atom stereocenters. The monoisotopic (exact) mass is 341 g/mol. The molecule has 0 fully saturated rings. The molecule has 1 amide bonds. The maximum Gasteiger partial charge on any atom is 0.269 e. The van der Waals surface area contributed by atoms with Crippen LogP contribution in [0.2, 0.25) is 0 Å². The lowest BCUT2D eigenvalue weighted by molar-refractivity contribution is 0.0948. The molecule has 2 aromatic rings. The van der Waals surface area contributed by atoms with Crippen molar-refractivity contribution < 1.29 is 9.53 Å². The molecule has 0 aliphatic rings. The highest BCUT2D eigenvalue weighted by Gasteiger charge is 2.06. The molecule has 25 heavy (non-hydrogen) atoms. The van der Waals surface area contributed by atoms with Crippen LogP contribution in [0.15, 0.2) is 42.6 Å². The van der Waals surface area contributed by atoms with E-state index in [0.29, 0.717) is 12.2 Å². The van der Waals surface area contributed by atoms with Gasteiger partial charge in [-0.1, -0.05) is 38.0 Å². The van der Waals surface area contributed by atoms with Crippen LogP contribution in [0.4, 0.5) is 5.69 Å². The zero-order chi connectivity index (χ0) is 17.9. The summed E-state index contributed by atoms with van der Waals surface area (Å²) in [7, 11) is 1.68. The smallest absolute Gasteiger partial charge is 0.269 e. The molecule has 0 spiro atoms. The first-order valence-corrected chi connectivity index (χ1v) is 8.84. The minimum atomic E-state index is -0.114. The lowest BCUT2D eigenvalue weighted by Gasteiger charge is -2.10. The zero-order valence-corrected chi connectivity index (χ0v) is 15.0. The van der Waals surface area contributed by atoms with E-state index in [9.17, 15) is 4.79 Å². The third-order valence-corrected chi connectivity index (χ3v) is 3.98. The zero-order valence-electron chi connectivity index (χ0n) is 15.0. The van der Waals surface area contributed by atoms with Gasteiger partial charge in [0.1, 0.15) is 11.4 Å². The quantitative estimate of drug-likeness (QED) is 0.647. The average molecular weight is 341 g/mol. The van der Waals surface area contributed by atoms with Crippen molar-refractivity contribution in [1.29, 1.82) is 0 Å². The molecule has 2 N–H and O–H groups in total. The first kappa shape index (κ1) is 18.8. The van der Waals surface area contributed by atoms with Gasteiger partial charge in [0.05, 0.1) is 19.0 Å². The molecule has 0 aliphatic carbocycles. The van der Waals surface area contributed by atoms with Gasteiger partial charge in [-0.25, -0.2) is 4.98 Å². The maximum absolute atomic E-state index is 12.0. The highest BCUT2D eigenvalue weighted by atomic mass is 16.5. The summed E-state index contributed by atoms with van der Waals surface area (Å²) in [4.78, 5) is 16.2. The number of benzene rings is 1. The minimum absolute atomic E-state index is 0.114. The lowest BCUT2D eigenvalue weighted by Crippen LogP contribution is -2.25. The third kappa shape index (κ3) is 6.10. The van der Waals surface area contributed by atoms with Gasteiger partial charge < -0.3 is 15.4 Å². The number of hydrogen-bond acceptors (Lipinski definition) is 4. The van der Waals surface area contributed by atoms with Gasteiger partial charge in [0.2, 0.25) is 0 Å². The Morgan fingerprint density at radius 1 is 1.12 bits per heavy atom. The normalized spacial score (nSPS) is 10.3. The molecule has 0 bridgehead atoms. The minimum Gasteiger partial charge on any atom is -0.496 e. The van der Waals surface area contributed by atoms with Crippen molar-refractivity contribution in [3.8, 4) is 5.75 Å². The third-order valence-electron chi connectivity index (χ3n) is 3.98. The van der Waals surface area contributed by atoms with Crippen LogP contribution < -0.4 is 15.4 Å². The Morgan fingerprint density at radius 3 is 2.68 bits per heavy atom. The van der Waals surface area contributed by atoms with Crippen LogP contribution in [0.3, 0.4) is 0 Å². The van der Waals surface area contributed by atoms with E-state index in [1.54, 1.807) is 19.4 Å². The van der Waals surface area contributed by atoms with Crippen LogP contribution in [-0.2, 0) is 6.42 Å². The SMILES string of the molecule is CCCCCNC(=O)c1ccc(NCCc2ccccc2OC)cn1. The average Bonchev–Trinajstić information content (AvgIpc) is 2.66. The molecular formula is C20H27N3O2.